The summed E-state index contributed by atoms with van der Waals surface area (Å²) in [6, 6.07) is 7.83. The Morgan fingerprint density at radius 3 is 2.56 bits per heavy atom. The Morgan fingerprint density at radius 2 is 1.94 bits per heavy atom. The molecule has 3 nitrogen and oxygen atoms in total. The van der Waals surface area contributed by atoms with Crippen molar-refractivity contribution in [2.75, 3.05) is 13.6 Å². The van der Waals surface area contributed by atoms with Gasteiger partial charge in [0.2, 0.25) is 0 Å². The van der Waals surface area contributed by atoms with Crippen molar-refractivity contribution in [1.82, 2.24) is 15.1 Å². The molecule has 2 aromatic rings. The maximum Gasteiger partial charge on any atom is 0.0955 e. The second-order valence-corrected chi connectivity index (χ2v) is 4.84. The van der Waals surface area contributed by atoms with E-state index in [4.69, 9.17) is 11.6 Å². The van der Waals surface area contributed by atoms with Crippen LogP contribution in [0.5, 0.6) is 0 Å². The second kappa shape index (κ2) is 5.55. The van der Waals surface area contributed by atoms with Crippen LogP contribution in [-0.2, 0) is 13.5 Å². The lowest BCUT2D eigenvalue weighted by molar-refractivity contribution is 0.680. The molecule has 1 N–H and O–H groups in total. The summed E-state index contributed by atoms with van der Waals surface area (Å²) in [6.07, 6.45) is 0.986. The van der Waals surface area contributed by atoms with Gasteiger partial charge in [0.15, 0.2) is 0 Å². The number of hydrogen-bond donors (Lipinski definition) is 1. The van der Waals surface area contributed by atoms with Crippen molar-refractivity contribution < 1.29 is 0 Å². The SMILES string of the molecule is CNCCc1c(C)c(-c2ccc(Cl)cc2)nn1C. The average Bonchev–Trinajstić information content (AvgIpc) is 2.64. The Morgan fingerprint density at radius 1 is 1.28 bits per heavy atom. The van der Waals surface area contributed by atoms with E-state index in [2.05, 4.69) is 17.3 Å². The van der Waals surface area contributed by atoms with Crippen LogP contribution in [0.2, 0.25) is 5.02 Å². The van der Waals surface area contributed by atoms with E-state index >= 15 is 0 Å². The molecular weight excluding hydrogens is 246 g/mol. The summed E-state index contributed by atoms with van der Waals surface area (Å²) in [6.45, 7) is 3.09. The van der Waals surface area contributed by atoms with E-state index < -0.39 is 0 Å². The van der Waals surface area contributed by atoms with E-state index in [-0.39, 0.29) is 0 Å². The molecule has 0 amide bonds. The zero-order valence-corrected chi connectivity index (χ0v) is 11.8. The van der Waals surface area contributed by atoms with E-state index in [1.54, 1.807) is 0 Å². The third kappa shape index (κ3) is 2.57. The molecule has 1 aromatic carbocycles. The van der Waals surface area contributed by atoms with Gasteiger partial charge in [0.05, 0.1) is 5.69 Å². The monoisotopic (exact) mass is 263 g/mol. The molecule has 0 aliphatic rings. The lowest BCUT2D eigenvalue weighted by Gasteiger charge is -2.02. The molecule has 1 aromatic heterocycles. The molecule has 0 fully saturated rings. The van der Waals surface area contributed by atoms with Crippen LogP contribution in [0.15, 0.2) is 24.3 Å². The molecule has 0 aliphatic carbocycles. The Bertz CT molecular complexity index is 529. The number of hydrogen-bond acceptors (Lipinski definition) is 2. The summed E-state index contributed by atoms with van der Waals surface area (Å²) >= 11 is 5.91. The van der Waals surface area contributed by atoms with Crippen LogP contribution in [0.4, 0.5) is 0 Å². The highest BCUT2D eigenvalue weighted by atomic mass is 35.5. The van der Waals surface area contributed by atoms with Crippen molar-refractivity contribution in [1.29, 1.82) is 0 Å². The normalized spacial score (nSPS) is 10.9. The fourth-order valence-corrected chi connectivity index (χ4v) is 2.27. The number of benzene rings is 1. The predicted octanol–water partition coefficient (Wildman–Crippen LogP) is 2.81. The Labute approximate surface area is 113 Å². The zero-order valence-electron chi connectivity index (χ0n) is 11.0. The van der Waals surface area contributed by atoms with E-state index in [0.29, 0.717) is 0 Å². The Balaban J connectivity index is 2.37. The van der Waals surface area contributed by atoms with Crippen molar-refractivity contribution in [3.05, 3.63) is 40.5 Å². The first-order valence-corrected chi connectivity index (χ1v) is 6.44. The van der Waals surface area contributed by atoms with Gasteiger partial charge in [-0.05, 0) is 31.7 Å². The minimum atomic E-state index is 0.753. The van der Waals surface area contributed by atoms with Crippen LogP contribution in [0, 0.1) is 6.92 Å². The molecule has 2 rings (SSSR count). The smallest absolute Gasteiger partial charge is 0.0955 e. The van der Waals surface area contributed by atoms with Crippen molar-refractivity contribution in [3.8, 4) is 11.3 Å². The van der Waals surface area contributed by atoms with Gasteiger partial charge in [-0.2, -0.15) is 5.10 Å². The number of halogens is 1. The van der Waals surface area contributed by atoms with Gasteiger partial charge in [0, 0.05) is 36.3 Å². The molecule has 0 saturated heterocycles. The highest BCUT2D eigenvalue weighted by molar-refractivity contribution is 6.30. The molecule has 0 aliphatic heterocycles. The van der Waals surface area contributed by atoms with Crippen LogP contribution in [0.1, 0.15) is 11.3 Å². The van der Waals surface area contributed by atoms with Crippen molar-refractivity contribution >= 4 is 11.6 Å². The number of likely N-dealkylation sites (N-methyl/N-ethyl adjacent to an activating group) is 1. The number of aromatic nitrogens is 2. The van der Waals surface area contributed by atoms with Crippen molar-refractivity contribution in [2.45, 2.75) is 13.3 Å². The number of nitrogens with one attached hydrogen (secondary N) is 1. The van der Waals surface area contributed by atoms with Crippen LogP contribution in [-0.4, -0.2) is 23.4 Å². The van der Waals surface area contributed by atoms with Crippen LogP contribution in [0.25, 0.3) is 11.3 Å². The third-order valence-corrected chi connectivity index (χ3v) is 3.41. The van der Waals surface area contributed by atoms with Crippen molar-refractivity contribution in [2.24, 2.45) is 7.05 Å². The van der Waals surface area contributed by atoms with Crippen LogP contribution in [0.3, 0.4) is 0 Å². The molecular formula is C14H18ClN3. The molecule has 1 heterocycles. The second-order valence-electron chi connectivity index (χ2n) is 4.40. The summed E-state index contributed by atoms with van der Waals surface area (Å²) in [7, 11) is 3.96. The largest absolute Gasteiger partial charge is 0.319 e. The minimum Gasteiger partial charge on any atom is -0.319 e. The van der Waals surface area contributed by atoms with Gasteiger partial charge in [-0.1, -0.05) is 23.7 Å². The quantitative estimate of drug-likeness (QED) is 0.919. The zero-order chi connectivity index (χ0) is 13.1. The molecule has 18 heavy (non-hydrogen) atoms. The fraction of sp³-hybridized carbons (Fsp3) is 0.357. The lowest BCUT2D eigenvalue weighted by atomic mass is 10.1. The highest BCUT2D eigenvalue weighted by Crippen LogP contribution is 2.25. The summed E-state index contributed by atoms with van der Waals surface area (Å²) in [4.78, 5) is 0. The van der Waals surface area contributed by atoms with Gasteiger partial charge in [-0.15, -0.1) is 0 Å². The third-order valence-electron chi connectivity index (χ3n) is 3.16. The predicted molar refractivity (Wildman–Crippen MR) is 76.0 cm³/mol. The molecule has 96 valence electrons. The molecule has 0 spiro atoms. The van der Waals surface area contributed by atoms with Crippen LogP contribution < -0.4 is 5.32 Å². The lowest BCUT2D eigenvalue weighted by Crippen LogP contribution is -2.13. The maximum absolute atomic E-state index is 5.91. The first-order valence-electron chi connectivity index (χ1n) is 6.06. The molecule has 0 saturated carbocycles. The van der Waals surface area contributed by atoms with Gasteiger partial charge in [0.25, 0.3) is 0 Å². The first kappa shape index (κ1) is 13.1. The van der Waals surface area contributed by atoms with Crippen LogP contribution >= 0.6 is 11.6 Å². The minimum absolute atomic E-state index is 0.753. The highest BCUT2D eigenvalue weighted by Gasteiger charge is 2.13. The van der Waals surface area contributed by atoms with Crippen molar-refractivity contribution in [3.63, 3.8) is 0 Å². The number of nitrogens with zero attached hydrogens (tertiary/aromatic N) is 2. The standard InChI is InChI=1S/C14H18ClN3/c1-10-13(8-9-16-2)18(3)17-14(10)11-4-6-12(15)7-5-11/h4-7,16H,8-9H2,1-3H3. The van der Waals surface area contributed by atoms with E-state index in [0.717, 1.165) is 29.2 Å². The van der Waals surface area contributed by atoms with Gasteiger partial charge in [0.1, 0.15) is 0 Å². The van der Waals surface area contributed by atoms with Gasteiger partial charge in [-0.3, -0.25) is 4.68 Å². The Hall–Kier alpha value is -1.32. The Kier molecular flexibility index (Phi) is 4.04. The van der Waals surface area contributed by atoms with Gasteiger partial charge < -0.3 is 5.32 Å². The molecule has 0 unspecified atom stereocenters. The summed E-state index contributed by atoms with van der Waals surface area (Å²) in [5.74, 6) is 0. The maximum atomic E-state index is 5.91. The molecule has 4 heteroatoms. The molecule has 0 atom stereocenters. The summed E-state index contributed by atoms with van der Waals surface area (Å²) < 4.78 is 1.97. The topological polar surface area (TPSA) is 29.9 Å². The van der Waals surface area contributed by atoms with E-state index in [1.807, 2.05) is 43.0 Å². The van der Waals surface area contributed by atoms with E-state index in [9.17, 15) is 0 Å². The number of aryl methyl sites for hydroxylation is 1. The first-order chi connectivity index (χ1) is 8.63. The summed E-state index contributed by atoms with van der Waals surface area (Å²) in [5, 5.41) is 8.53. The summed E-state index contributed by atoms with van der Waals surface area (Å²) in [5.41, 5.74) is 4.67. The fourth-order valence-electron chi connectivity index (χ4n) is 2.14. The average molecular weight is 264 g/mol. The van der Waals surface area contributed by atoms with Gasteiger partial charge >= 0.3 is 0 Å². The molecule has 0 bridgehead atoms. The van der Waals surface area contributed by atoms with Gasteiger partial charge in [-0.25, -0.2) is 0 Å². The van der Waals surface area contributed by atoms with E-state index in [1.165, 1.54) is 11.3 Å². The molecule has 0 radical (unpaired) electrons. The number of rotatable bonds is 4.